The second kappa shape index (κ2) is 6.96. The lowest BCUT2D eigenvalue weighted by atomic mass is 9.92. The largest absolute Gasteiger partial charge is 0.367 e. The summed E-state index contributed by atoms with van der Waals surface area (Å²) < 4.78 is 14.1. The number of rotatable bonds is 3. The van der Waals surface area contributed by atoms with Gasteiger partial charge < -0.3 is 4.90 Å². The second-order valence-corrected chi connectivity index (χ2v) is 8.30. The third-order valence-electron chi connectivity index (χ3n) is 6.58. The second-order valence-electron chi connectivity index (χ2n) is 8.30. The minimum atomic E-state index is -0.127. The van der Waals surface area contributed by atoms with Gasteiger partial charge in [-0.3, -0.25) is 4.90 Å². The summed E-state index contributed by atoms with van der Waals surface area (Å²) in [5.74, 6) is -0.127. The fourth-order valence-electron chi connectivity index (χ4n) is 5.03. The maximum atomic E-state index is 14.1. The summed E-state index contributed by atoms with van der Waals surface area (Å²) in [5.41, 5.74) is 2.10. The van der Waals surface area contributed by atoms with Crippen molar-refractivity contribution < 1.29 is 4.39 Å². The number of hydrogen-bond acceptors (Lipinski definition) is 2. The highest BCUT2D eigenvalue weighted by Gasteiger charge is 2.20. The SMILES string of the molecule is Fc1ccccc1N1CCN(Cc2ccc3ccc4cccc5ccc2c3c45)CC1. The van der Waals surface area contributed by atoms with Gasteiger partial charge in [-0.15, -0.1) is 0 Å². The molecule has 148 valence electrons. The molecule has 1 saturated heterocycles. The molecule has 5 aromatic rings. The Morgan fingerprint density at radius 2 is 1.30 bits per heavy atom. The van der Waals surface area contributed by atoms with Crippen molar-refractivity contribution in [3.63, 3.8) is 0 Å². The zero-order chi connectivity index (χ0) is 20.1. The van der Waals surface area contributed by atoms with Crippen LogP contribution in [0.25, 0.3) is 32.3 Å². The van der Waals surface area contributed by atoms with Crippen molar-refractivity contribution in [3.8, 4) is 0 Å². The molecule has 1 fully saturated rings. The Balaban J connectivity index is 1.30. The van der Waals surface area contributed by atoms with Crippen molar-refractivity contribution in [2.45, 2.75) is 6.54 Å². The van der Waals surface area contributed by atoms with Gasteiger partial charge in [-0.05, 0) is 50.0 Å². The standard InChI is InChI=1S/C27H23FN2/c28-24-6-1-2-7-25(24)30-16-14-29(15-17-30)18-22-11-10-21-9-8-19-4-3-5-20-12-13-23(22)27(21)26(19)20/h1-13H,14-18H2. The Morgan fingerprint density at radius 1 is 0.633 bits per heavy atom. The summed E-state index contributed by atoms with van der Waals surface area (Å²) in [6.45, 7) is 4.52. The lowest BCUT2D eigenvalue weighted by Gasteiger charge is -2.36. The van der Waals surface area contributed by atoms with Crippen LogP contribution in [0.5, 0.6) is 0 Å². The van der Waals surface area contributed by atoms with Crippen molar-refractivity contribution in [2.24, 2.45) is 0 Å². The van der Waals surface area contributed by atoms with Crippen LogP contribution in [0.4, 0.5) is 10.1 Å². The highest BCUT2D eigenvalue weighted by atomic mass is 19.1. The van der Waals surface area contributed by atoms with Gasteiger partial charge in [-0.2, -0.15) is 0 Å². The van der Waals surface area contributed by atoms with Crippen molar-refractivity contribution in [1.82, 2.24) is 4.90 Å². The molecule has 3 heteroatoms. The number of anilines is 1. The Hall–Kier alpha value is -3.17. The van der Waals surface area contributed by atoms with Crippen LogP contribution in [-0.4, -0.2) is 31.1 Å². The van der Waals surface area contributed by atoms with E-state index in [9.17, 15) is 4.39 Å². The average molecular weight is 394 g/mol. The van der Waals surface area contributed by atoms with E-state index in [-0.39, 0.29) is 5.82 Å². The molecule has 30 heavy (non-hydrogen) atoms. The molecular formula is C27H23FN2. The smallest absolute Gasteiger partial charge is 0.146 e. The highest BCUT2D eigenvalue weighted by molar-refractivity contribution is 6.23. The van der Waals surface area contributed by atoms with Crippen molar-refractivity contribution in [3.05, 3.63) is 90.2 Å². The summed E-state index contributed by atoms with van der Waals surface area (Å²) in [5, 5.41) is 8.03. The fraction of sp³-hybridized carbons (Fsp3) is 0.185. The van der Waals surface area contributed by atoms with Crippen LogP contribution in [0.3, 0.4) is 0 Å². The third kappa shape index (κ3) is 2.81. The molecule has 1 heterocycles. The summed E-state index contributed by atoms with van der Waals surface area (Å²) >= 11 is 0. The molecule has 0 atom stereocenters. The van der Waals surface area contributed by atoms with Gasteiger partial charge in [-0.25, -0.2) is 4.39 Å². The zero-order valence-corrected chi connectivity index (χ0v) is 16.8. The Kier molecular flexibility index (Phi) is 4.10. The van der Waals surface area contributed by atoms with E-state index in [2.05, 4.69) is 64.4 Å². The molecular weight excluding hydrogens is 371 g/mol. The van der Waals surface area contributed by atoms with Crippen LogP contribution >= 0.6 is 0 Å². The van der Waals surface area contributed by atoms with Crippen LogP contribution in [0.2, 0.25) is 0 Å². The first-order valence-corrected chi connectivity index (χ1v) is 10.7. The van der Waals surface area contributed by atoms with E-state index >= 15 is 0 Å². The zero-order valence-electron chi connectivity index (χ0n) is 16.8. The van der Waals surface area contributed by atoms with Gasteiger partial charge in [-0.1, -0.05) is 66.7 Å². The van der Waals surface area contributed by atoms with E-state index in [0.717, 1.165) is 38.4 Å². The van der Waals surface area contributed by atoms with Gasteiger partial charge in [0.15, 0.2) is 0 Å². The maximum absolute atomic E-state index is 14.1. The van der Waals surface area contributed by atoms with Crippen LogP contribution in [0.1, 0.15) is 5.56 Å². The lowest BCUT2D eigenvalue weighted by molar-refractivity contribution is 0.250. The van der Waals surface area contributed by atoms with Gasteiger partial charge in [0, 0.05) is 32.7 Å². The predicted molar refractivity (Wildman–Crippen MR) is 124 cm³/mol. The Labute approximate surface area is 175 Å². The predicted octanol–water partition coefficient (Wildman–Crippen LogP) is 6.05. The molecule has 0 amide bonds. The summed E-state index contributed by atoms with van der Waals surface area (Å²) in [4.78, 5) is 4.65. The van der Waals surface area contributed by atoms with Gasteiger partial charge in [0.05, 0.1) is 5.69 Å². The molecule has 1 aliphatic rings. The van der Waals surface area contributed by atoms with Crippen molar-refractivity contribution in [2.75, 3.05) is 31.1 Å². The molecule has 5 aromatic carbocycles. The molecule has 0 saturated carbocycles. The van der Waals surface area contributed by atoms with Crippen LogP contribution in [0, 0.1) is 5.82 Å². The van der Waals surface area contributed by atoms with Gasteiger partial charge in [0.1, 0.15) is 5.82 Å². The van der Waals surface area contributed by atoms with E-state index in [1.165, 1.54) is 37.9 Å². The van der Waals surface area contributed by atoms with Gasteiger partial charge in [0.2, 0.25) is 0 Å². The summed E-state index contributed by atoms with van der Waals surface area (Å²) in [6.07, 6.45) is 0. The molecule has 6 rings (SSSR count). The number of halogens is 1. The third-order valence-corrected chi connectivity index (χ3v) is 6.58. The lowest BCUT2D eigenvalue weighted by Crippen LogP contribution is -2.46. The molecule has 2 nitrogen and oxygen atoms in total. The fourth-order valence-corrected chi connectivity index (χ4v) is 5.03. The number of nitrogens with zero attached hydrogens (tertiary/aromatic N) is 2. The quantitative estimate of drug-likeness (QED) is 0.344. The van der Waals surface area contributed by atoms with Crippen molar-refractivity contribution in [1.29, 1.82) is 0 Å². The molecule has 1 aliphatic heterocycles. The molecule has 0 N–H and O–H groups in total. The Morgan fingerprint density at radius 3 is 2.07 bits per heavy atom. The molecule has 0 bridgehead atoms. The van der Waals surface area contributed by atoms with E-state index < -0.39 is 0 Å². The molecule has 0 aromatic heterocycles. The first kappa shape index (κ1) is 17.7. The van der Waals surface area contributed by atoms with E-state index in [1.807, 2.05) is 12.1 Å². The summed E-state index contributed by atoms with van der Waals surface area (Å²) in [7, 11) is 0. The topological polar surface area (TPSA) is 6.48 Å². The minimum absolute atomic E-state index is 0.127. The monoisotopic (exact) mass is 394 g/mol. The Bertz CT molecular complexity index is 1340. The van der Waals surface area contributed by atoms with Gasteiger partial charge in [0.25, 0.3) is 0 Å². The van der Waals surface area contributed by atoms with E-state index in [4.69, 9.17) is 0 Å². The molecule has 0 unspecified atom stereocenters. The maximum Gasteiger partial charge on any atom is 0.146 e. The summed E-state index contributed by atoms with van der Waals surface area (Å²) in [6, 6.07) is 27.2. The average Bonchev–Trinajstić information content (AvgIpc) is 2.79. The van der Waals surface area contributed by atoms with Crippen LogP contribution in [0.15, 0.2) is 78.9 Å². The highest BCUT2D eigenvalue weighted by Crippen LogP contribution is 2.36. The van der Waals surface area contributed by atoms with Crippen LogP contribution < -0.4 is 4.90 Å². The number of piperazine rings is 1. The molecule has 0 radical (unpaired) electrons. The molecule has 0 spiro atoms. The van der Waals surface area contributed by atoms with Crippen LogP contribution in [-0.2, 0) is 6.54 Å². The first-order valence-electron chi connectivity index (χ1n) is 10.7. The normalized spacial score (nSPS) is 15.6. The van der Waals surface area contributed by atoms with E-state index in [0.29, 0.717) is 0 Å². The number of hydrogen-bond donors (Lipinski definition) is 0. The van der Waals surface area contributed by atoms with Crippen molar-refractivity contribution >= 4 is 38.0 Å². The number of benzene rings is 5. The minimum Gasteiger partial charge on any atom is -0.367 e. The number of para-hydroxylation sites is 1. The molecule has 0 aliphatic carbocycles. The van der Waals surface area contributed by atoms with E-state index in [1.54, 1.807) is 12.1 Å². The van der Waals surface area contributed by atoms with Gasteiger partial charge >= 0.3 is 0 Å². The first-order chi connectivity index (χ1) is 14.8.